The summed E-state index contributed by atoms with van der Waals surface area (Å²) in [5.74, 6) is 0. The van der Waals surface area contributed by atoms with E-state index in [0.29, 0.717) is 12.1 Å². The number of nitrogens with zero attached hydrogens (tertiary/aromatic N) is 2. The molecule has 3 nitrogen and oxygen atoms in total. The molecule has 1 aromatic heterocycles. The quantitative estimate of drug-likeness (QED) is 0.757. The molecule has 0 radical (unpaired) electrons. The van der Waals surface area contributed by atoms with E-state index < -0.39 is 0 Å². The lowest BCUT2D eigenvalue weighted by molar-refractivity contribution is 0.112. The molecule has 2 rings (SSSR count). The van der Waals surface area contributed by atoms with Gasteiger partial charge in [-0.05, 0) is 37.5 Å². The molecule has 0 saturated carbocycles. The summed E-state index contributed by atoms with van der Waals surface area (Å²) in [5.41, 5.74) is 5.71. The highest BCUT2D eigenvalue weighted by atomic mass is 16.1. The van der Waals surface area contributed by atoms with Crippen LogP contribution in [0.2, 0.25) is 0 Å². The molecule has 2 aromatic rings. The van der Waals surface area contributed by atoms with Crippen LogP contribution in [0.4, 0.5) is 0 Å². The Labute approximate surface area is 101 Å². The fourth-order valence-corrected chi connectivity index (χ4v) is 2.15. The van der Waals surface area contributed by atoms with Crippen LogP contribution < -0.4 is 0 Å². The zero-order valence-corrected chi connectivity index (χ0v) is 10.4. The molecule has 0 unspecified atom stereocenters. The van der Waals surface area contributed by atoms with Gasteiger partial charge in [0.05, 0.1) is 18.3 Å². The van der Waals surface area contributed by atoms with Gasteiger partial charge in [-0.2, -0.15) is 5.10 Å². The first kappa shape index (κ1) is 11.6. The summed E-state index contributed by atoms with van der Waals surface area (Å²) in [4.78, 5) is 10.6. The van der Waals surface area contributed by atoms with Crippen molar-refractivity contribution in [2.24, 2.45) is 0 Å². The number of aldehydes is 1. The Hall–Kier alpha value is -1.90. The number of hydrogen-bond acceptors (Lipinski definition) is 2. The number of carbonyl (C=O) groups is 1. The Bertz CT molecular complexity index is 532. The van der Waals surface area contributed by atoms with Crippen molar-refractivity contribution in [3.8, 4) is 0 Å². The highest BCUT2D eigenvalue weighted by molar-refractivity contribution is 5.73. The van der Waals surface area contributed by atoms with Crippen LogP contribution >= 0.6 is 0 Å². The molecule has 17 heavy (non-hydrogen) atoms. The molecule has 0 aliphatic rings. The minimum atomic E-state index is 0.618. The van der Waals surface area contributed by atoms with Gasteiger partial charge in [-0.1, -0.05) is 17.7 Å². The van der Waals surface area contributed by atoms with Gasteiger partial charge in [0.1, 0.15) is 0 Å². The number of carbonyl (C=O) groups excluding carboxylic acids is 1. The first-order valence-electron chi connectivity index (χ1n) is 5.64. The first-order chi connectivity index (χ1) is 8.10. The molecule has 0 saturated heterocycles. The molecule has 0 aliphatic carbocycles. The molecule has 0 spiro atoms. The average Bonchev–Trinajstić information content (AvgIpc) is 2.71. The fourth-order valence-electron chi connectivity index (χ4n) is 2.15. The molecule has 0 atom stereocenters. The van der Waals surface area contributed by atoms with Gasteiger partial charge in [0, 0.05) is 6.20 Å². The van der Waals surface area contributed by atoms with Crippen molar-refractivity contribution >= 4 is 6.29 Å². The summed E-state index contributed by atoms with van der Waals surface area (Å²) in [7, 11) is 0. The molecule has 0 amide bonds. The van der Waals surface area contributed by atoms with E-state index in [1.807, 2.05) is 0 Å². The monoisotopic (exact) mass is 228 g/mol. The second kappa shape index (κ2) is 4.53. The lowest BCUT2D eigenvalue weighted by Gasteiger charge is -2.11. The van der Waals surface area contributed by atoms with Gasteiger partial charge >= 0.3 is 0 Å². The molecule has 0 bridgehead atoms. The number of rotatable bonds is 3. The Morgan fingerprint density at radius 2 is 1.88 bits per heavy atom. The van der Waals surface area contributed by atoms with E-state index in [4.69, 9.17) is 0 Å². The third kappa shape index (κ3) is 2.44. The minimum absolute atomic E-state index is 0.618. The van der Waals surface area contributed by atoms with Gasteiger partial charge in [-0.15, -0.1) is 0 Å². The van der Waals surface area contributed by atoms with E-state index in [2.05, 4.69) is 38.0 Å². The zero-order chi connectivity index (χ0) is 12.4. The highest BCUT2D eigenvalue weighted by Crippen LogP contribution is 2.17. The Morgan fingerprint density at radius 1 is 1.24 bits per heavy atom. The van der Waals surface area contributed by atoms with Crippen molar-refractivity contribution in [3.05, 3.63) is 52.3 Å². The van der Waals surface area contributed by atoms with Crippen molar-refractivity contribution in [3.63, 3.8) is 0 Å². The van der Waals surface area contributed by atoms with E-state index in [1.54, 1.807) is 17.1 Å². The molecule has 0 aliphatic heterocycles. The summed E-state index contributed by atoms with van der Waals surface area (Å²) in [6.07, 6.45) is 4.18. The zero-order valence-electron chi connectivity index (χ0n) is 10.4. The standard InChI is InChI=1S/C14H16N2O/c1-10-4-11(2)14(12(3)5-10)8-16-7-13(9-17)6-15-16/h4-7,9H,8H2,1-3H3. The SMILES string of the molecule is Cc1cc(C)c(Cn2cc(C=O)cn2)c(C)c1. The Balaban J connectivity index is 2.32. The van der Waals surface area contributed by atoms with Gasteiger partial charge in [0.15, 0.2) is 6.29 Å². The predicted molar refractivity (Wildman–Crippen MR) is 67.4 cm³/mol. The van der Waals surface area contributed by atoms with Gasteiger partial charge in [0.2, 0.25) is 0 Å². The van der Waals surface area contributed by atoms with Crippen LogP contribution in [0.3, 0.4) is 0 Å². The highest BCUT2D eigenvalue weighted by Gasteiger charge is 2.05. The smallest absolute Gasteiger partial charge is 0.153 e. The Kier molecular flexibility index (Phi) is 3.09. The maximum Gasteiger partial charge on any atom is 0.153 e. The molecule has 0 fully saturated rings. The summed E-state index contributed by atoms with van der Waals surface area (Å²) in [5, 5.41) is 4.17. The van der Waals surface area contributed by atoms with Gasteiger partial charge in [0.25, 0.3) is 0 Å². The second-order valence-electron chi connectivity index (χ2n) is 4.47. The molecule has 88 valence electrons. The number of benzene rings is 1. The van der Waals surface area contributed by atoms with Gasteiger partial charge in [-0.25, -0.2) is 0 Å². The first-order valence-corrected chi connectivity index (χ1v) is 5.64. The van der Waals surface area contributed by atoms with Crippen LogP contribution in [0, 0.1) is 20.8 Å². The van der Waals surface area contributed by atoms with E-state index in [0.717, 1.165) is 6.29 Å². The number of hydrogen-bond donors (Lipinski definition) is 0. The van der Waals surface area contributed by atoms with Gasteiger partial charge < -0.3 is 0 Å². The van der Waals surface area contributed by atoms with E-state index in [1.165, 1.54) is 22.3 Å². The van der Waals surface area contributed by atoms with E-state index in [-0.39, 0.29) is 0 Å². The Morgan fingerprint density at radius 3 is 2.41 bits per heavy atom. The molecular formula is C14H16N2O. The van der Waals surface area contributed by atoms with Crippen LogP contribution in [0.15, 0.2) is 24.5 Å². The fraction of sp³-hybridized carbons (Fsp3) is 0.286. The van der Waals surface area contributed by atoms with Crippen LogP contribution in [-0.4, -0.2) is 16.1 Å². The summed E-state index contributed by atoms with van der Waals surface area (Å²) >= 11 is 0. The second-order valence-corrected chi connectivity index (χ2v) is 4.47. The third-order valence-electron chi connectivity index (χ3n) is 2.95. The van der Waals surface area contributed by atoms with E-state index in [9.17, 15) is 4.79 Å². The van der Waals surface area contributed by atoms with Crippen LogP contribution in [-0.2, 0) is 6.54 Å². The minimum Gasteiger partial charge on any atom is -0.298 e. The molecule has 1 aromatic carbocycles. The third-order valence-corrected chi connectivity index (χ3v) is 2.95. The number of aryl methyl sites for hydroxylation is 3. The van der Waals surface area contributed by atoms with Crippen molar-refractivity contribution in [1.82, 2.24) is 9.78 Å². The van der Waals surface area contributed by atoms with Gasteiger partial charge in [-0.3, -0.25) is 9.48 Å². The predicted octanol–water partition coefficient (Wildman–Crippen LogP) is 2.67. The summed E-state index contributed by atoms with van der Waals surface area (Å²) in [6.45, 7) is 7.03. The topological polar surface area (TPSA) is 34.9 Å². The van der Waals surface area contributed by atoms with Crippen molar-refractivity contribution in [1.29, 1.82) is 0 Å². The summed E-state index contributed by atoms with van der Waals surface area (Å²) < 4.78 is 1.80. The molecule has 0 N–H and O–H groups in total. The maximum atomic E-state index is 10.6. The molecule has 3 heteroatoms. The van der Waals surface area contributed by atoms with Crippen molar-refractivity contribution < 1.29 is 4.79 Å². The molecular weight excluding hydrogens is 212 g/mol. The average molecular weight is 228 g/mol. The van der Waals surface area contributed by atoms with Crippen molar-refractivity contribution in [2.75, 3.05) is 0 Å². The van der Waals surface area contributed by atoms with Crippen LogP contribution in [0.25, 0.3) is 0 Å². The number of aromatic nitrogens is 2. The van der Waals surface area contributed by atoms with E-state index >= 15 is 0 Å². The normalized spacial score (nSPS) is 10.5. The van der Waals surface area contributed by atoms with Crippen LogP contribution in [0.1, 0.15) is 32.6 Å². The lowest BCUT2D eigenvalue weighted by atomic mass is 10.00. The largest absolute Gasteiger partial charge is 0.298 e. The van der Waals surface area contributed by atoms with Crippen LogP contribution in [0.5, 0.6) is 0 Å². The lowest BCUT2D eigenvalue weighted by Crippen LogP contribution is -2.04. The molecule has 1 heterocycles. The van der Waals surface area contributed by atoms with Crippen molar-refractivity contribution in [2.45, 2.75) is 27.3 Å². The summed E-state index contributed by atoms with van der Waals surface area (Å²) in [6, 6.07) is 4.35. The maximum absolute atomic E-state index is 10.6.